The maximum absolute atomic E-state index is 12.9. The van der Waals surface area contributed by atoms with Crippen LogP contribution in [0.2, 0.25) is 0 Å². The molecule has 2 aromatic heterocycles. The lowest BCUT2D eigenvalue weighted by Gasteiger charge is -2.27. The quantitative estimate of drug-likeness (QED) is 0.726. The number of aromatic nitrogens is 3. The summed E-state index contributed by atoms with van der Waals surface area (Å²) in [5, 5.41) is 0.888. The van der Waals surface area contributed by atoms with Crippen LogP contribution in [0.25, 0.3) is 16.6 Å². The summed E-state index contributed by atoms with van der Waals surface area (Å²) >= 11 is 0. The van der Waals surface area contributed by atoms with Crippen molar-refractivity contribution in [2.45, 2.75) is 44.4 Å². The molecule has 0 aromatic carbocycles. The molecule has 5 rings (SSSR count). The van der Waals surface area contributed by atoms with Gasteiger partial charge in [0.05, 0.1) is 5.39 Å². The van der Waals surface area contributed by atoms with Crippen LogP contribution in [-0.4, -0.2) is 62.3 Å². The van der Waals surface area contributed by atoms with Crippen molar-refractivity contribution >= 4 is 34.2 Å². The van der Waals surface area contributed by atoms with Gasteiger partial charge in [-0.05, 0) is 50.2 Å². The predicted molar refractivity (Wildman–Crippen MR) is 128 cm³/mol. The summed E-state index contributed by atoms with van der Waals surface area (Å²) in [6.45, 7) is 6.79. The molecule has 0 spiro atoms. The van der Waals surface area contributed by atoms with Crippen molar-refractivity contribution in [3.05, 3.63) is 36.3 Å². The third-order valence-corrected chi connectivity index (χ3v) is 7.60. The summed E-state index contributed by atoms with van der Waals surface area (Å²) in [4.78, 5) is 37.8. The van der Waals surface area contributed by atoms with E-state index in [1.807, 2.05) is 16.8 Å². The van der Waals surface area contributed by atoms with Crippen molar-refractivity contribution in [3.8, 4) is 0 Å². The molecule has 0 bridgehead atoms. The molecule has 2 aliphatic heterocycles. The second-order valence-corrected chi connectivity index (χ2v) is 9.48. The maximum atomic E-state index is 12.9. The maximum Gasteiger partial charge on any atom is 0.245 e. The number of fused-ring (bicyclic) bond motifs is 1. The lowest BCUT2D eigenvalue weighted by Crippen LogP contribution is -2.34. The molecule has 8 heteroatoms. The first-order valence-corrected chi connectivity index (χ1v) is 12.0. The SMILES string of the molecule is C=CC(=O)N1CC[C@H](c2c(C3=CC[C@H](C(=O)N4CCCC4)CC3)c3c(N)ncnc3n2C)C1. The summed E-state index contributed by atoms with van der Waals surface area (Å²) in [6.07, 6.45) is 10.7. The van der Waals surface area contributed by atoms with Gasteiger partial charge in [-0.25, -0.2) is 9.97 Å². The lowest BCUT2D eigenvalue weighted by atomic mass is 9.83. The van der Waals surface area contributed by atoms with Gasteiger partial charge in [-0.2, -0.15) is 0 Å². The number of aryl methyl sites for hydroxylation is 1. The topological polar surface area (TPSA) is 97.3 Å². The molecule has 0 saturated carbocycles. The van der Waals surface area contributed by atoms with E-state index in [2.05, 4.69) is 27.2 Å². The van der Waals surface area contributed by atoms with Crippen LogP contribution in [0.3, 0.4) is 0 Å². The number of carbonyl (C=O) groups is 2. The Kier molecular flexibility index (Phi) is 5.68. The summed E-state index contributed by atoms with van der Waals surface area (Å²) in [5.41, 5.74) is 10.7. The second kappa shape index (κ2) is 8.65. The molecule has 0 radical (unpaired) electrons. The fourth-order valence-corrected chi connectivity index (χ4v) is 5.89. The first kappa shape index (κ1) is 21.7. The molecule has 3 aliphatic rings. The highest BCUT2D eigenvalue weighted by atomic mass is 16.2. The van der Waals surface area contributed by atoms with Crippen LogP contribution in [0.4, 0.5) is 5.82 Å². The summed E-state index contributed by atoms with van der Waals surface area (Å²) in [7, 11) is 2.02. The molecule has 8 nitrogen and oxygen atoms in total. The molecule has 0 unspecified atom stereocenters. The third-order valence-electron chi connectivity index (χ3n) is 7.60. The van der Waals surface area contributed by atoms with E-state index in [1.165, 1.54) is 18.0 Å². The second-order valence-electron chi connectivity index (χ2n) is 9.48. The van der Waals surface area contributed by atoms with Gasteiger partial charge in [0.15, 0.2) is 0 Å². The Morgan fingerprint density at radius 1 is 1.15 bits per heavy atom. The number of amides is 2. The zero-order chi connectivity index (χ0) is 23.1. The third kappa shape index (κ3) is 3.71. The van der Waals surface area contributed by atoms with Crippen molar-refractivity contribution in [3.63, 3.8) is 0 Å². The first-order chi connectivity index (χ1) is 16.0. The molecule has 2 saturated heterocycles. The van der Waals surface area contributed by atoms with Crippen molar-refractivity contribution in [1.82, 2.24) is 24.3 Å². The van der Waals surface area contributed by atoms with E-state index in [0.29, 0.717) is 24.8 Å². The van der Waals surface area contributed by atoms with Gasteiger partial charge in [0.2, 0.25) is 11.8 Å². The van der Waals surface area contributed by atoms with E-state index in [9.17, 15) is 9.59 Å². The van der Waals surface area contributed by atoms with Gasteiger partial charge in [-0.1, -0.05) is 12.7 Å². The van der Waals surface area contributed by atoms with Crippen LogP contribution in [0.1, 0.15) is 55.7 Å². The molecule has 2 fully saturated rings. The van der Waals surface area contributed by atoms with Gasteiger partial charge in [-0.3, -0.25) is 9.59 Å². The van der Waals surface area contributed by atoms with E-state index in [0.717, 1.165) is 73.9 Å². The fraction of sp³-hybridized carbons (Fsp3) is 0.520. The van der Waals surface area contributed by atoms with Crippen molar-refractivity contribution in [2.24, 2.45) is 13.0 Å². The zero-order valence-corrected chi connectivity index (χ0v) is 19.3. The summed E-state index contributed by atoms with van der Waals surface area (Å²) in [6, 6.07) is 0. The molecular weight excluding hydrogens is 416 g/mol. The minimum atomic E-state index is -0.0303. The Balaban J connectivity index is 1.51. The number of hydrogen-bond acceptors (Lipinski definition) is 5. The molecule has 2 N–H and O–H groups in total. The Bertz CT molecular complexity index is 1140. The van der Waals surface area contributed by atoms with Gasteiger partial charge in [0, 0.05) is 56.3 Å². The number of hydrogen-bond donors (Lipinski definition) is 1. The molecule has 2 atom stereocenters. The molecular formula is C25H32N6O2. The van der Waals surface area contributed by atoms with Gasteiger partial charge >= 0.3 is 0 Å². The van der Waals surface area contributed by atoms with Crippen LogP contribution in [0, 0.1) is 5.92 Å². The lowest BCUT2D eigenvalue weighted by molar-refractivity contribution is -0.134. The number of nitrogens with two attached hydrogens (primary N) is 1. The monoisotopic (exact) mass is 448 g/mol. The Morgan fingerprint density at radius 3 is 2.64 bits per heavy atom. The highest BCUT2D eigenvalue weighted by molar-refractivity contribution is 6.00. The van der Waals surface area contributed by atoms with Crippen LogP contribution in [0.15, 0.2) is 25.1 Å². The standard InChI is InChI=1S/C25H32N6O2/c1-3-19(32)31-13-10-18(14-31)22-20(21-23(26)27-15-28-24(21)29(22)2)16-6-8-17(9-7-16)25(33)30-11-4-5-12-30/h3,6,15,17-18H,1,4-5,7-14H2,2H3,(H2,26,27,28)/t17-,18-/m0/s1. The van der Waals surface area contributed by atoms with Gasteiger partial charge < -0.3 is 20.1 Å². The van der Waals surface area contributed by atoms with Crippen LogP contribution in [-0.2, 0) is 16.6 Å². The van der Waals surface area contributed by atoms with E-state index in [1.54, 1.807) is 0 Å². The molecule has 4 heterocycles. The number of carbonyl (C=O) groups excluding carboxylic acids is 2. The number of allylic oxidation sites excluding steroid dienone is 2. The molecule has 2 amide bonds. The van der Waals surface area contributed by atoms with E-state index in [-0.39, 0.29) is 17.7 Å². The number of nitrogen functional groups attached to an aromatic ring is 1. The van der Waals surface area contributed by atoms with Crippen molar-refractivity contribution < 1.29 is 9.59 Å². The Morgan fingerprint density at radius 2 is 1.94 bits per heavy atom. The average molecular weight is 449 g/mol. The first-order valence-electron chi connectivity index (χ1n) is 12.0. The van der Waals surface area contributed by atoms with Crippen LogP contribution < -0.4 is 5.73 Å². The van der Waals surface area contributed by atoms with E-state index in [4.69, 9.17) is 5.73 Å². The predicted octanol–water partition coefficient (Wildman–Crippen LogP) is 2.86. The Hall–Kier alpha value is -3.16. The minimum absolute atomic E-state index is 0.0303. The molecule has 174 valence electrons. The molecule has 33 heavy (non-hydrogen) atoms. The highest BCUT2D eigenvalue weighted by Gasteiger charge is 2.35. The van der Waals surface area contributed by atoms with Crippen molar-refractivity contribution in [2.75, 3.05) is 31.9 Å². The fourth-order valence-electron chi connectivity index (χ4n) is 5.89. The number of anilines is 1. The molecule has 1 aliphatic carbocycles. The zero-order valence-electron chi connectivity index (χ0n) is 19.3. The average Bonchev–Trinajstić information content (AvgIpc) is 3.59. The normalized spacial score (nSPS) is 23.2. The highest BCUT2D eigenvalue weighted by Crippen LogP contribution is 2.43. The van der Waals surface area contributed by atoms with E-state index < -0.39 is 0 Å². The molecule has 2 aromatic rings. The summed E-state index contributed by atoms with van der Waals surface area (Å²) < 4.78 is 2.12. The smallest absolute Gasteiger partial charge is 0.245 e. The van der Waals surface area contributed by atoms with Crippen LogP contribution in [0.5, 0.6) is 0 Å². The van der Waals surface area contributed by atoms with Gasteiger partial charge in [-0.15, -0.1) is 0 Å². The largest absolute Gasteiger partial charge is 0.383 e. The van der Waals surface area contributed by atoms with Crippen LogP contribution >= 0.6 is 0 Å². The number of rotatable bonds is 4. The van der Waals surface area contributed by atoms with E-state index >= 15 is 0 Å². The van der Waals surface area contributed by atoms with Crippen molar-refractivity contribution in [1.29, 1.82) is 0 Å². The minimum Gasteiger partial charge on any atom is -0.383 e. The summed E-state index contributed by atoms with van der Waals surface area (Å²) in [5.74, 6) is 0.999. The van der Waals surface area contributed by atoms with Gasteiger partial charge in [0.1, 0.15) is 17.8 Å². The number of likely N-dealkylation sites (tertiary alicyclic amines) is 2. The number of nitrogens with zero attached hydrogens (tertiary/aromatic N) is 5. The Labute approximate surface area is 194 Å². The van der Waals surface area contributed by atoms with Gasteiger partial charge in [0.25, 0.3) is 0 Å².